The molecule has 1 aromatic heterocycles. The number of ketones is 1. The third kappa shape index (κ3) is 22.7. The maximum absolute atomic E-state index is 12.0. The van der Waals surface area contributed by atoms with Gasteiger partial charge in [0.05, 0.1) is 0 Å². The third-order valence-corrected chi connectivity index (χ3v) is 6.73. The van der Waals surface area contributed by atoms with Crippen molar-refractivity contribution in [3.8, 4) is 0 Å². The van der Waals surface area contributed by atoms with Gasteiger partial charge in [0.1, 0.15) is 5.78 Å². The van der Waals surface area contributed by atoms with E-state index in [4.69, 9.17) is 0 Å². The highest BCUT2D eigenvalue weighted by Crippen LogP contribution is 2.15. The monoisotopic (exact) mass is 479 g/mol. The average Bonchev–Trinajstić information content (AvgIpc) is 2.81. The SMILES string of the molecule is CCCCCCCCCCCCCCCCCCCCCC(=O)CCCc1ccncc1.Cl. The summed E-state index contributed by atoms with van der Waals surface area (Å²) in [4.78, 5) is 16.0. The Labute approximate surface area is 212 Å². The first kappa shape index (κ1) is 32.1. The maximum atomic E-state index is 12.0. The van der Waals surface area contributed by atoms with Crippen molar-refractivity contribution in [3.63, 3.8) is 0 Å². The number of aryl methyl sites for hydroxylation is 1. The minimum atomic E-state index is 0. The van der Waals surface area contributed by atoms with Crippen LogP contribution in [0.25, 0.3) is 0 Å². The second kappa shape index (κ2) is 25.7. The van der Waals surface area contributed by atoms with Gasteiger partial charge in [0.25, 0.3) is 0 Å². The van der Waals surface area contributed by atoms with E-state index in [1.807, 2.05) is 24.5 Å². The van der Waals surface area contributed by atoms with Crippen molar-refractivity contribution >= 4 is 18.2 Å². The number of pyridine rings is 1. The molecule has 1 heterocycles. The molecule has 0 atom stereocenters. The van der Waals surface area contributed by atoms with Crippen LogP contribution in [-0.2, 0) is 11.2 Å². The number of aromatic nitrogens is 1. The van der Waals surface area contributed by atoms with E-state index in [2.05, 4.69) is 11.9 Å². The Morgan fingerprint density at radius 3 is 1.36 bits per heavy atom. The fourth-order valence-electron chi connectivity index (χ4n) is 4.56. The summed E-state index contributed by atoms with van der Waals surface area (Å²) in [7, 11) is 0. The van der Waals surface area contributed by atoms with E-state index in [1.54, 1.807) is 0 Å². The quantitative estimate of drug-likeness (QED) is 0.138. The molecule has 0 aliphatic heterocycles. The van der Waals surface area contributed by atoms with Crippen LogP contribution in [0.4, 0.5) is 0 Å². The maximum Gasteiger partial charge on any atom is 0.132 e. The predicted octanol–water partition coefficient (Wildman–Crippen LogP) is 10.2. The van der Waals surface area contributed by atoms with Gasteiger partial charge < -0.3 is 0 Å². The summed E-state index contributed by atoms with van der Waals surface area (Å²) in [5.41, 5.74) is 1.29. The van der Waals surface area contributed by atoms with Gasteiger partial charge in [-0.1, -0.05) is 122 Å². The normalized spacial score (nSPS) is 10.8. The molecule has 0 radical (unpaired) electrons. The van der Waals surface area contributed by atoms with Crippen molar-refractivity contribution in [3.05, 3.63) is 30.1 Å². The Morgan fingerprint density at radius 2 is 0.939 bits per heavy atom. The first-order valence-corrected chi connectivity index (χ1v) is 14.2. The topological polar surface area (TPSA) is 30.0 Å². The number of nitrogens with zero attached hydrogens (tertiary/aromatic N) is 1. The van der Waals surface area contributed by atoms with Crippen LogP contribution >= 0.6 is 12.4 Å². The van der Waals surface area contributed by atoms with Gasteiger partial charge in [-0.15, -0.1) is 12.4 Å². The molecule has 2 nitrogen and oxygen atoms in total. The smallest absolute Gasteiger partial charge is 0.132 e. The van der Waals surface area contributed by atoms with Gasteiger partial charge in [0.15, 0.2) is 0 Å². The zero-order valence-corrected chi connectivity index (χ0v) is 22.7. The molecule has 0 spiro atoms. The van der Waals surface area contributed by atoms with E-state index in [9.17, 15) is 4.79 Å². The average molecular weight is 480 g/mol. The number of hydrogen-bond donors (Lipinski definition) is 0. The Hall–Kier alpha value is -0.890. The lowest BCUT2D eigenvalue weighted by Crippen LogP contribution is -1.99. The van der Waals surface area contributed by atoms with E-state index in [0.717, 1.165) is 32.1 Å². The minimum absolute atomic E-state index is 0. The summed E-state index contributed by atoms with van der Waals surface area (Å²) in [6, 6.07) is 4.09. The predicted molar refractivity (Wildman–Crippen MR) is 147 cm³/mol. The van der Waals surface area contributed by atoms with Gasteiger partial charge in [-0.2, -0.15) is 0 Å². The molecule has 0 N–H and O–H groups in total. The Morgan fingerprint density at radius 1 is 0.576 bits per heavy atom. The van der Waals surface area contributed by atoms with Crippen molar-refractivity contribution in [2.75, 3.05) is 0 Å². The van der Waals surface area contributed by atoms with Gasteiger partial charge in [-0.3, -0.25) is 9.78 Å². The lowest BCUT2D eigenvalue weighted by molar-refractivity contribution is -0.119. The molecule has 0 amide bonds. The zero-order valence-electron chi connectivity index (χ0n) is 21.8. The molecule has 0 fully saturated rings. The summed E-state index contributed by atoms with van der Waals surface area (Å²) in [5, 5.41) is 0. The van der Waals surface area contributed by atoms with E-state index in [0.29, 0.717) is 5.78 Å². The molecule has 3 heteroatoms. The molecule has 0 aromatic carbocycles. The Kier molecular flexibility index (Phi) is 25.0. The van der Waals surface area contributed by atoms with Crippen molar-refractivity contribution in [1.29, 1.82) is 0 Å². The lowest BCUT2D eigenvalue weighted by Gasteiger charge is -2.04. The molecule has 33 heavy (non-hydrogen) atoms. The van der Waals surface area contributed by atoms with Gasteiger partial charge in [0, 0.05) is 25.2 Å². The number of carbonyl (C=O) groups excluding carboxylic acids is 1. The van der Waals surface area contributed by atoms with Gasteiger partial charge in [-0.05, 0) is 37.0 Å². The molecule has 1 aromatic rings. The van der Waals surface area contributed by atoms with E-state index < -0.39 is 0 Å². The van der Waals surface area contributed by atoms with Crippen LogP contribution in [-0.4, -0.2) is 10.8 Å². The molecule has 0 unspecified atom stereocenters. The van der Waals surface area contributed by atoms with Crippen molar-refractivity contribution in [2.45, 2.75) is 155 Å². The fourth-order valence-corrected chi connectivity index (χ4v) is 4.56. The Bertz CT molecular complexity index is 519. The number of unbranched alkanes of at least 4 members (excludes halogenated alkanes) is 18. The summed E-state index contributed by atoms with van der Waals surface area (Å²) in [5.74, 6) is 0.450. The lowest BCUT2D eigenvalue weighted by atomic mass is 10.0. The highest BCUT2D eigenvalue weighted by molar-refractivity contribution is 5.85. The van der Waals surface area contributed by atoms with Gasteiger partial charge in [-0.25, -0.2) is 0 Å². The van der Waals surface area contributed by atoms with Crippen LogP contribution in [0.5, 0.6) is 0 Å². The summed E-state index contributed by atoms with van der Waals surface area (Å²) in [6.07, 6.45) is 33.7. The third-order valence-electron chi connectivity index (χ3n) is 6.73. The number of halogens is 1. The zero-order chi connectivity index (χ0) is 23.0. The molecule has 0 bridgehead atoms. The Balaban J connectivity index is 0.0000102. The second-order valence-electron chi connectivity index (χ2n) is 9.86. The van der Waals surface area contributed by atoms with Crippen LogP contribution in [0.15, 0.2) is 24.5 Å². The first-order valence-electron chi connectivity index (χ1n) is 14.2. The van der Waals surface area contributed by atoms with Crippen LogP contribution in [0.1, 0.15) is 154 Å². The van der Waals surface area contributed by atoms with E-state index >= 15 is 0 Å². The van der Waals surface area contributed by atoms with Crippen LogP contribution in [0, 0.1) is 0 Å². The minimum Gasteiger partial charge on any atom is -0.300 e. The molecular formula is C30H54ClNO. The highest BCUT2D eigenvalue weighted by atomic mass is 35.5. The van der Waals surface area contributed by atoms with Crippen LogP contribution in [0.3, 0.4) is 0 Å². The molecule has 192 valence electrons. The number of hydrogen-bond acceptors (Lipinski definition) is 2. The molecule has 1 rings (SSSR count). The number of rotatable bonds is 24. The summed E-state index contributed by atoms with van der Waals surface area (Å²) in [6.45, 7) is 2.29. The summed E-state index contributed by atoms with van der Waals surface area (Å²) < 4.78 is 0. The van der Waals surface area contributed by atoms with Crippen LogP contribution in [0.2, 0.25) is 0 Å². The molecule has 0 aliphatic carbocycles. The van der Waals surface area contributed by atoms with E-state index in [-0.39, 0.29) is 12.4 Å². The standard InChI is InChI=1S/C30H53NO.ClH/c1-2-3-4-5-6-7-8-9-10-11-12-13-14-15-16-17-18-19-20-23-30(32)24-21-22-29-25-27-31-28-26-29;/h25-28H,2-24H2,1H3;1H. The largest absolute Gasteiger partial charge is 0.300 e. The van der Waals surface area contributed by atoms with Crippen LogP contribution < -0.4 is 0 Å². The van der Waals surface area contributed by atoms with Crippen molar-refractivity contribution in [2.24, 2.45) is 0 Å². The number of carbonyl (C=O) groups is 1. The molecule has 0 saturated heterocycles. The van der Waals surface area contributed by atoms with Gasteiger partial charge >= 0.3 is 0 Å². The molecular weight excluding hydrogens is 426 g/mol. The second-order valence-corrected chi connectivity index (χ2v) is 9.86. The first-order chi connectivity index (χ1) is 15.8. The van der Waals surface area contributed by atoms with E-state index in [1.165, 1.54) is 121 Å². The number of Topliss-reactive ketones (excluding diaryl/α,β-unsaturated/α-hetero) is 1. The summed E-state index contributed by atoms with van der Waals surface area (Å²) >= 11 is 0. The van der Waals surface area contributed by atoms with Crippen molar-refractivity contribution in [1.82, 2.24) is 4.98 Å². The fraction of sp³-hybridized carbons (Fsp3) is 0.800. The highest BCUT2D eigenvalue weighted by Gasteiger charge is 2.02. The van der Waals surface area contributed by atoms with Crippen molar-refractivity contribution < 1.29 is 4.79 Å². The molecule has 0 aliphatic rings. The molecule has 0 saturated carbocycles. The van der Waals surface area contributed by atoms with Gasteiger partial charge in [0.2, 0.25) is 0 Å².